The molecule has 296 valence electrons. The number of aryl methyl sites for hydroxylation is 1. The SMILES string of the molecule is Cc1ccc(NN2C(=O)C3CC4C(=CCC5C(=O)N(c6ccc(N=Nc7ccc(N(C)C)cc7)cc6)C(=O)C54)C(c4ccc(O)c(F)c4)C3(c3ccccc3)C2=O)cc1. The smallest absolute Gasteiger partial charge is 0.260 e. The van der Waals surface area contributed by atoms with Gasteiger partial charge in [-0.3, -0.25) is 29.5 Å². The van der Waals surface area contributed by atoms with Crippen LogP contribution >= 0.6 is 0 Å². The molecule has 12 heteroatoms. The van der Waals surface area contributed by atoms with Crippen molar-refractivity contribution in [1.29, 1.82) is 0 Å². The summed E-state index contributed by atoms with van der Waals surface area (Å²) in [6.07, 6.45) is 2.22. The van der Waals surface area contributed by atoms with Gasteiger partial charge in [-0.2, -0.15) is 15.2 Å². The fourth-order valence-electron chi connectivity index (χ4n) is 9.68. The maximum Gasteiger partial charge on any atom is 0.260 e. The number of hydrogen-bond donors (Lipinski definition) is 2. The summed E-state index contributed by atoms with van der Waals surface area (Å²) in [5.74, 6) is -7.31. The molecule has 6 atom stereocenters. The third-order valence-electron chi connectivity index (χ3n) is 12.5. The van der Waals surface area contributed by atoms with Gasteiger partial charge in [-0.05, 0) is 110 Å². The van der Waals surface area contributed by atoms with E-state index >= 15 is 9.18 Å². The van der Waals surface area contributed by atoms with Crippen molar-refractivity contribution in [3.8, 4) is 5.75 Å². The molecule has 5 aromatic carbocycles. The number of phenolic OH excluding ortho intramolecular Hbond substituents is 1. The van der Waals surface area contributed by atoms with Gasteiger partial charge in [0.25, 0.3) is 11.8 Å². The zero-order chi connectivity index (χ0) is 41.2. The number of carbonyl (C=O) groups is 4. The van der Waals surface area contributed by atoms with E-state index in [0.717, 1.165) is 16.3 Å². The van der Waals surface area contributed by atoms with E-state index in [1.54, 1.807) is 66.7 Å². The molecule has 4 amide bonds. The number of benzene rings is 5. The summed E-state index contributed by atoms with van der Waals surface area (Å²) >= 11 is 0. The summed E-state index contributed by atoms with van der Waals surface area (Å²) < 4.78 is 15.4. The second-order valence-corrected chi connectivity index (χ2v) is 15.9. The van der Waals surface area contributed by atoms with Crippen molar-refractivity contribution in [3.63, 3.8) is 0 Å². The van der Waals surface area contributed by atoms with Gasteiger partial charge in [0.05, 0.1) is 45.9 Å². The zero-order valence-electron chi connectivity index (χ0n) is 32.6. The lowest BCUT2D eigenvalue weighted by Gasteiger charge is -2.50. The highest BCUT2D eigenvalue weighted by Gasteiger charge is 2.70. The van der Waals surface area contributed by atoms with Crippen LogP contribution in [0, 0.1) is 36.4 Å². The summed E-state index contributed by atoms with van der Waals surface area (Å²) in [4.78, 5) is 62.3. The highest BCUT2D eigenvalue weighted by molar-refractivity contribution is 6.22. The third kappa shape index (κ3) is 6.09. The van der Waals surface area contributed by atoms with Crippen LogP contribution in [0.15, 0.2) is 143 Å². The molecule has 0 aromatic heterocycles. The lowest BCUT2D eigenvalue weighted by atomic mass is 9.49. The van der Waals surface area contributed by atoms with Crippen molar-refractivity contribution in [1.82, 2.24) is 5.01 Å². The molecule has 2 saturated heterocycles. The summed E-state index contributed by atoms with van der Waals surface area (Å²) in [6, 6.07) is 34.7. The number of rotatable bonds is 8. The first-order valence-corrected chi connectivity index (χ1v) is 19.6. The third-order valence-corrected chi connectivity index (χ3v) is 12.5. The molecular weight excluding hydrogens is 748 g/mol. The molecule has 4 aliphatic rings. The summed E-state index contributed by atoms with van der Waals surface area (Å²) in [6.45, 7) is 1.93. The number of hydrazine groups is 1. The fraction of sp³-hybridized carbons (Fsp3) is 0.234. The van der Waals surface area contributed by atoms with E-state index in [4.69, 9.17) is 0 Å². The second-order valence-electron chi connectivity index (χ2n) is 15.9. The normalized spacial score (nSPS) is 24.9. The van der Waals surface area contributed by atoms with Gasteiger partial charge in [0.1, 0.15) is 0 Å². The van der Waals surface area contributed by atoms with Crippen LogP contribution in [0.5, 0.6) is 5.75 Å². The Morgan fingerprint density at radius 3 is 2.08 bits per heavy atom. The van der Waals surface area contributed by atoms with E-state index in [0.29, 0.717) is 39.4 Å². The van der Waals surface area contributed by atoms with Crippen molar-refractivity contribution in [2.75, 3.05) is 29.3 Å². The Balaban J connectivity index is 1.10. The summed E-state index contributed by atoms with van der Waals surface area (Å²) in [7, 11) is 3.91. The van der Waals surface area contributed by atoms with Crippen LogP contribution in [-0.4, -0.2) is 47.8 Å². The molecule has 0 radical (unpaired) electrons. The van der Waals surface area contributed by atoms with E-state index in [9.17, 15) is 19.5 Å². The van der Waals surface area contributed by atoms with Gasteiger partial charge >= 0.3 is 0 Å². The number of azo groups is 1. The van der Waals surface area contributed by atoms with Crippen molar-refractivity contribution < 1.29 is 28.7 Å². The minimum Gasteiger partial charge on any atom is -0.505 e. The van der Waals surface area contributed by atoms with Gasteiger partial charge in [-0.15, -0.1) is 0 Å². The standard InChI is InChI=1S/C47H41FN6O5/c1-27-9-12-32(13-10-27)51-54-44(57)38-26-37-35(42(28-11-24-40(55)39(48)25-28)47(38,46(54)59)29-7-5-4-6-8-29)22-23-36-41(37)45(58)53(43(36)56)34-20-16-31(17-21-34)50-49-30-14-18-33(19-15-30)52(2)3/h4-22,24-25,36-38,41-42,51,55H,23,26H2,1-3H3. The first kappa shape index (κ1) is 37.6. The van der Waals surface area contributed by atoms with E-state index in [-0.39, 0.29) is 18.7 Å². The molecule has 9 rings (SSSR count). The lowest BCUT2D eigenvalue weighted by Crippen LogP contribution is -2.53. The number of allylic oxidation sites excluding steroid dienone is 2. The number of amides is 4. The molecule has 5 aromatic rings. The lowest BCUT2D eigenvalue weighted by molar-refractivity contribution is -0.138. The Labute approximate surface area is 340 Å². The van der Waals surface area contributed by atoms with E-state index in [1.165, 1.54) is 17.0 Å². The van der Waals surface area contributed by atoms with Gasteiger partial charge in [0.15, 0.2) is 11.6 Å². The molecular formula is C47H41FN6O5. The van der Waals surface area contributed by atoms with E-state index in [1.807, 2.05) is 74.5 Å². The number of imide groups is 2. The van der Waals surface area contributed by atoms with E-state index < -0.39 is 64.3 Å². The number of anilines is 3. The van der Waals surface area contributed by atoms with Crippen LogP contribution in [0.1, 0.15) is 35.4 Å². The Kier molecular flexibility index (Phi) is 9.22. The topological polar surface area (TPSA) is 135 Å². The fourth-order valence-corrected chi connectivity index (χ4v) is 9.68. The Morgan fingerprint density at radius 1 is 0.780 bits per heavy atom. The van der Waals surface area contributed by atoms with Crippen LogP contribution in [0.3, 0.4) is 0 Å². The Morgan fingerprint density at radius 2 is 1.44 bits per heavy atom. The highest BCUT2D eigenvalue weighted by atomic mass is 19.1. The molecule has 2 aliphatic heterocycles. The molecule has 11 nitrogen and oxygen atoms in total. The number of carbonyl (C=O) groups excluding carboxylic acids is 4. The van der Waals surface area contributed by atoms with Crippen molar-refractivity contribution in [3.05, 3.63) is 155 Å². The maximum atomic E-state index is 15.4. The molecule has 2 aliphatic carbocycles. The Bertz CT molecular complexity index is 2560. The first-order valence-electron chi connectivity index (χ1n) is 19.6. The van der Waals surface area contributed by atoms with Gasteiger partial charge < -0.3 is 10.0 Å². The monoisotopic (exact) mass is 788 g/mol. The molecule has 0 spiro atoms. The van der Waals surface area contributed by atoms with Crippen LogP contribution in [0.4, 0.5) is 32.8 Å². The van der Waals surface area contributed by atoms with Gasteiger partial charge in [-0.1, -0.05) is 65.7 Å². The van der Waals surface area contributed by atoms with Crippen molar-refractivity contribution in [2.45, 2.75) is 31.1 Å². The van der Waals surface area contributed by atoms with Crippen LogP contribution in [-0.2, 0) is 24.6 Å². The summed E-state index contributed by atoms with van der Waals surface area (Å²) in [5, 5.41) is 20.0. The number of phenols is 1. The number of hydrogen-bond acceptors (Lipinski definition) is 9. The number of nitrogens with one attached hydrogen (secondary N) is 1. The van der Waals surface area contributed by atoms with Gasteiger partial charge in [0.2, 0.25) is 11.8 Å². The van der Waals surface area contributed by atoms with Crippen LogP contribution in [0.2, 0.25) is 0 Å². The zero-order valence-corrected chi connectivity index (χ0v) is 32.6. The average molecular weight is 789 g/mol. The van der Waals surface area contributed by atoms with Crippen molar-refractivity contribution in [2.24, 2.45) is 33.9 Å². The second kappa shape index (κ2) is 14.5. The molecule has 3 fully saturated rings. The first-order chi connectivity index (χ1) is 28.5. The number of aromatic hydroxyl groups is 1. The Hall–Kier alpha value is -6.95. The highest BCUT2D eigenvalue weighted by Crippen LogP contribution is 2.64. The van der Waals surface area contributed by atoms with Crippen LogP contribution < -0.4 is 15.2 Å². The number of fused-ring (bicyclic) bond motifs is 4. The van der Waals surface area contributed by atoms with Crippen LogP contribution in [0.25, 0.3) is 0 Å². The molecule has 2 heterocycles. The molecule has 0 bridgehead atoms. The molecule has 2 N–H and O–H groups in total. The largest absolute Gasteiger partial charge is 0.505 e. The number of halogens is 1. The average Bonchev–Trinajstić information content (AvgIpc) is 3.63. The quantitative estimate of drug-likeness (QED) is 0.0915. The molecule has 59 heavy (non-hydrogen) atoms. The molecule has 6 unspecified atom stereocenters. The minimum absolute atomic E-state index is 0.0946. The predicted molar refractivity (Wildman–Crippen MR) is 221 cm³/mol. The minimum atomic E-state index is -1.56. The van der Waals surface area contributed by atoms with E-state index in [2.05, 4.69) is 15.7 Å². The number of nitrogens with zero attached hydrogens (tertiary/aromatic N) is 5. The maximum absolute atomic E-state index is 15.4. The predicted octanol–water partition coefficient (Wildman–Crippen LogP) is 8.51. The molecule has 1 saturated carbocycles. The van der Waals surface area contributed by atoms with Crippen molar-refractivity contribution >= 4 is 52.1 Å². The van der Waals surface area contributed by atoms with Gasteiger partial charge in [-0.25, -0.2) is 4.39 Å². The van der Waals surface area contributed by atoms with Gasteiger partial charge in [0, 0.05) is 25.7 Å². The summed E-state index contributed by atoms with van der Waals surface area (Å²) in [5.41, 5.74) is 7.28.